The summed E-state index contributed by atoms with van der Waals surface area (Å²) < 4.78 is 6.82. The van der Waals surface area contributed by atoms with Crippen molar-refractivity contribution in [2.75, 3.05) is 14.1 Å². The molecule has 1 aromatic heterocycles. The number of rotatable bonds is 2. The molecule has 2 aromatic rings. The molecule has 94 valence electrons. The number of carbonyl (C=O) groups is 1. The molecular weight excluding hydrogens is 230 g/mol. The maximum atomic E-state index is 11.5. The number of hydrogen-bond donors (Lipinski definition) is 0. The van der Waals surface area contributed by atoms with Crippen LogP contribution in [0.4, 0.5) is 4.79 Å². The summed E-state index contributed by atoms with van der Waals surface area (Å²) in [6, 6.07) is 9.47. The van der Waals surface area contributed by atoms with Gasteiger partial charge in [-0.1, -0.05) is 12.1 Å². The predicted octanol–water partition coefficient (Wildman–Crippen LogP) is 2.24. The summed E-state index contributed by atoms with van der Waals surface area (Å²) in [5.74, 6) is 0.402. The van der Waals surface area contributed by atoms with E-state index in [1.54, 1.807) is 31.0 Å². The molecule has 0 aliphatic carbocycles. The largest absolute Gasteiger partial charge is 0.416 e. The molecule has 0 bridgehead atoms. The van der Waals surface area contributed by atoms with Crippen molar-refractivity contribution in [3.63, 3.8) is 0 Å². The summed E-state index contributed by atoms with van der Waals surface area (Å²) in [6.45, 7) is 2.00. The summed E-state index contributed by atoms with van der Waals surface area (Å²) in [5, 5.41) is 4.16. The Kier molecular flexibility index (Phi) is 3.32. The van der Waals surface area contributed by atoms with E-state index in [9.17, 15) is 4.79 Å². The molecule has 5 nitrogen and oxygen atoms in total. The molecular formula is C13H15N3O2. The normalized spacial score (nSPS) is 10.2. The first-order valence-electron chi connectivity index (χ1n) is 5.58. The third-order valence-corrected chi connectivity index (χ3v) is 2.41. The quantitative estimate of drug-likeness (QED) is 0.815. The van der Waals surface area contributed by atoms with Gasteiger partial charge in [0.2, 0.25) is 5.88 Å². The first kappa shape index (κ1) is 12.2. The van der Waals surface area contributed by atoms with E-state index < -0.39 is 6.09 Å². The van der Waals surface area contributed by atoms with Crippen molar-refractivity contribution >= 4 is 6.09 Å². The molecule has 1 aromatic carbocycles. The monoisotopic (exact) mass is 245 g/mol. The van der Waals surface area contributed by atoms with Gasteiger partial charge in [-0.3, -0.25) is 0 Å². The second-order valence-electron chi connectivity index (χ2n) is 4.18. The minimum absolute atomic E-state index is 0.402. The minimum Gasteiger partial charge on any atom is -0.391 e. The van der Waals surface area contributed by atoms with Gasteiger partial charge < -0.3 is 9.64 Å². The Morgan fingerprint density at radius 3 is 2.78 bits per heavy atom. The zero-order valence-electron chi connectivity index (χ0n) is 10.6. The molecule has 0 fully saturated rings. The van der Waals surface area contributed by atoms with E-state index in [0.29, 0.717) is 5.88 Å². The van der Waals surface area contributed by atoms with Crippen molar-refractivity contribution < 1.29 is 9.53 Å². The fourth-order valence-corrected chi connectivity index (χ4v) is 1.50. The average molecular weight is 245 g/mol. The first-order chi connectivity index (χ1) is 8.58. The number of hydrogen-bond acceptors (Lipinski definition) is 3. The molecule has 5 heteroatoms. The molecule has 2 rings (SSSR count). The van der Waals surface area contributed by atoms with Crippen LogP contribution in [-0.2, 0) is 0 Å². The maximum Gasteiger partial charge on any atom is 0.416 e. The standard InChI is InChI=1S/C13H15N3O2/c1-10-5-4-6-11(9-10)16-12(7-8-14-16)18-13(17)15(2)3/h4-9H,1-3H3. The Labute approximate surface area is 106 Å². The van der Waals surface area contributed by atoms with E-state index >= 15 is 0 Å². The highest BCUT2D eigenvalue weighted by Gasteiger charge is 2.12. The summed E-state index contributed by atoms with van der Waals surface area (Å²) in [5.41, 5.74) is 1.98. The van der Waals surface area contributed by atoms with Crippen molar-refractivity contribution in [1.82, 2.24) is 14.7 Å². The van der Waals surface area contributed by atoms with Gasteiger partial charge in [0.1, 0.15) is 0 Å². The van der Waals surface area contributed by atoms with Crippen LogP contribution < -0.4 is 4.74 Å². The number of aryl methyl sites for hydroxylation is 1. The summed E-state index contributed by atoms with van der Waals surface area (Å²) in [4.78, 5) is 12.9. The van der Waals surface area contributed by atoms with Crippen molar-refractivity contribution in [1.29, 1.82) is 0 Å². The van der Waals surface area contributed by atoms with Gasteiger partial charge in [0, 0.05) is 20.2 Å². The molecule has 0 spiro atoms. The molecule has 18 heavy (non-hydrogen) atoms. The molecule has 1 amide bonds. The number of carbonyl (C=O) groups excluding carboxylic acids is 1. The van der Waals surface area contributed by atoms with Crippen LogP contribution in [0, 0.1) is 6.92 Å². The number of aromatic nitrogens is 2. The molecule has 0 saturated heterocycles. The van der Waals surface area contributed by atoms with Crippen LogP contribution in [0.1, 0.15) is 5.56 Å². The Morgan fingerprint density at radius 1 is 1.33 bits per heavy atom. The van der Waals surface area contributed by atoms with Gasteiger partial charge in [-0.05, 0) is 24.6 Å². The highest BCUT2D eigenvalue weighted by molar-refractivity contribution is 5.69. The predicted molar refractivity (Wildman–Crippen MR) is 68.0 cm³/mol. The van der Waals surface area contributed by atoms with Crippen LogP contribution in [0.2, 0.25) is 0 Å². The van der Waals surface area contributed by atoms with Gasteiger partial charge in [-0.25, -0.2) is 9.48 Å². The van der Waals surface area contributed by atoms with E-state index in [4.69, 9.17) is 4.74 Å². The van der Waals surface area contributed by atoms with Crippen LogP contribution >= 0.6 is 0 Å². The number of amides is 1. The lowest BCUT2D eigenvalue weighted by molar-refractivity contribution is 0.168. The number of nitrogens with zero attached hydrogens (tertiary/aromatic N) is 3. The van der Waals surface area contributed by atoms with Crippen LogP contribution in [0.3, 0.4) is 0 Å². The lowest BCUT2D eigenvalue weighted by atomic mass is 10.2. The molecule has 0 radical (unpaired) electrons. The first-order valence-corrected chi connectivity index (χ1v) is 5.58. The zero-order valence-corrected chi connectivity index (χ0v) is 10.6. The smallest absolute Gasteiger partial charge is 0.391 e. The molecule has 1 heterocycles. The number of ether oxygens (including phenoxy) is 1. The van der Waals surface area contributed by atoms with E-state index in [0.717, 1.165) is 11.3 Å². The Balaban J connectivity index is 2.30. The lowest BCUT2D eigenvalue weighted by Gasteiger charge is -2.12. The zero-order chi connectivity index (χ0) is 13.1. The van der Waals surface area contributed by atoms with Gasteiger partial charge >= 0.3 is 6.09 Å². The van der Waals surface area contributed by atoms with Crippen molar-refractivity contribution in [2.24, 2.45) is 0 Å². The maximum absolute atomic E-state index is 11.5. The van der Waals surface area contributed by atoms with E-state index in [1.807, 2.05) is 31.2 Å². The average Bonchev–Trinajstić information content (AvgIpc) is 2.77. The molecule has 0 aliphatic rings. The van der Waals surface area contributed by atoms with Gasteiger partial charge in [0.25, 0.3) is 0 Å². The Morgan fingerprint density at radius 2 is 2.11 bits per heavy atom. The third-order valence-electron chi connectivity index (χ3n) is 2.41. The molecule has 0 atom stereocenters. The van der Waals surface area contributed by atoms with E-state index in [1.165, 1.54) is 4.90 Å². The van der Waals surface area contributed by atoms with Gasteiger partial charge in [-0.2, -0.15) is 5.10 Å². The van der Waals surface area contributed by atoms with E-state index in [-0.39, 0.29) is 0 Å². The van der Waals surface area contributed by atoms with Crippen LogP contribution in [-0.4, -0.2) is 34.9 Å². The van der Waals surface area contributed by atoms with Gasteiger partial charge in [0.15, 0.2) is 0 Å². The van der Waals surface area contributed by atoms with Crippen LogP contribution in [0.5, 0.6) is 5.88 Å². The third kappa shape index (κ3) is 2.51. The van der Waals surface area contributed by atoms with Gasteiger partial charge in [-0.15, -0.1) is 0 Å². The summed E-state index contributed by atoms with van der Waals surface area (Å²) in [7, 11) is 3.27. The van der Waals surface area contributed by atoms with Crippen LogP contribution in [0.15, 0.2) is 36.5 Å². The van der Waals surface area contributed by atoms with Crippen LogP contribution in [0.25, 0.3) is 5.69 Å². The highest BCUT2D eigenvalue weighted by atomic mass is 16.6. The fourth-order valence-electron chi connectivity index (χ4n) is 1.50. The highest BCUT2D eigenvalue weighted by Crippen LogP contribution is 2.18. The molecule has 0 N–H and O–H groups in total. The molecule has 0 aliphatic heterocycles. The van der Waals surface area contributed by atoms with Crippen molar-refractivity contribution in [3.05, 3.63) is 42.1 Å². The minimum atomic E-state index is -0.426. The van der Waals surface area contributed by atoms with Crippen molar-refractivity contribution in [3.8, 4) is 11.6 Å². The summed E-state index contributed by atoms with van der Waals surface area (Å²) >= 11 is 0. The van der Waals surface area contributed by atoms with E-state index in [2.05, 4.69) is 5.10 Å². The molecule has 0 saturated carbocycles. The summed E-state index contributed by atoms with van der Waals surface area (Å²) in [6.07, 6.45) is 1.17. The van der Waals surface area contributed by atoms with Crippen molar-refractivity contribution in [2.45, 2.75) is 6.92 Å². The Bertz CT molecular complexity index is 561. The second-order valence-corrected chi connectivity index (χ2v) is 4.18. The second kappa shape index (κ2) is 4.91. The number of benzene rings is 1. The molecule has 0 unspecified atom stereocenters. The topological polar surface area (TPSA) is 47.4 Å². The fraction of sp³-hybridized carbons (Fsp3) is 0.231. The Hall–Kier alpha value is -2.30. The lowest BCUT2D eigenvalue weighted by Crippen LogP contribution is -2.26. The SMILES string of the molecule is Cc1cccc(-n2nccc2OC(=O)N(C)C)c1. The van der Waals surface area contributed by atoms with Gasteiger partial charge in [0.05, 0.1) is 11.9 Å².